The quantitative estimate of drug-likeness (QED) is 0.747. The molecule has 3 saturated heterocycles. The zero-order valence-electron chi connectivity index (χ0n) is 14.5. The van der Waals surface area contributed by atoms with Gasteiger partial charge in [0.15, 0.2) is 0 Å². The zero-order chi connectivity index (χ0) is 16.7. The number of morpholine rings is 1. The molecule has 24 heavy (non-hydrogen) atoms. The molecule has 0 aromatic heterocycles. The Bertz CT molecular complexity index is 499. The summed E-state index contributed by atoms with van der Waals surface area (Å²) in [5, 5.41) is 0. The van der Waals surface area contributed by atoms with Gasteiger partial charge in [0.05, 0.1) is 25.2 Å². The van der Waals surface area contributed by atoms with Crippen LogP contribution in [0.15, 0.2) is 0 Å². The molecule has 4 rings (SSSR count). The van der Waals surface area contributed by atoms with Crippen molar-refractivity contribution in [2.75, 3.05) is 46.0 Å². The Morgan fingerprint density at radius 2 is 1.71 bits per heavy atom. The van der Waals surface area contributed by atoms with Crippen LogP contribution in [0.4, 0.5) is 0 Å². The molecule has 4 fully saturated rings. The number of amides is 2. The summed E-state index contributed by atoms with van der Waals surface area (Å²) in [6.07, 6.45) is 2.96. The first kappa shape index (κ1) is 16.3. The fraction of sp³-hybridized carbons (Fsp3) is 0.889. The average molecular weight is 336 g/mol. The van der Waals surface area contributed by atoms with E-state index in [9.17, 15) is 9.59 Å². The summed E-state index contributed by atoms with van der Waals surface area (Å²) in [4.78, 5) is 29.7. The molecule has 0 unspecified atom stereocenters. The molecule has 0 aromatic carbocycles. The number of fused-ring (bicyclic) bond motifs is 1. The number of hydrogen-bond acceptors (Lipinski definition) is 4. The molecule has 6 heteroatoms. The number of rotatable bonds is 2. The lowest BCUT2D eigenvalue weighted by Gasteiger charge is -2.44. The van der Waals surface area contributed by atoms with Crippen LogP contribution < -0.4 is 0 Å². The lowest BCUT2D eigenvalue weighted by Crippen LogP contribution is -2.57. The predicted molar refractivity (Wildman–Crippen MR) is 87.2 cm³/mol. The Labute approximate surface area is 143 Å². The summed E-state index contributed by atoms with van der Waals surface area (Å²) in [7, 11) is 0. The van der Waals surface area contributed by atoms with Crippen molar-refractivity contribution in [3.63, 3.8) is 0 Å². The molecule has 3 atom stereocenters. The van der Waals surface area contributed by atoms with Crippen molar-refractivity contribution in [2.24, 2.45) is 23.7 Å². The standard InChI is InChI=1S/C18H28N2O4/c1-12-8-13(9-12)17(21)20-10-15(14-2-5-24-16(14)11-20)18(22)19-3-6-23-7-4-19/h12-16H,2-11H2,1H3/t12?,13?,14-,15+,16+/m0/s1. The minimum absolute atomic E-state index is 0.0372. The highest BCUT2D eigenvalue weighted by Crippen LogP contribution is 2.39. The van der Waals surface area contributed by atoms with Crippen LogP contribution in [0.5, 0.6) is 0 Å². The van der Waals surface area contributed by atoms with Crippen LogP contribution in [-0.2, 0) is 19.1 Å². The predicted octanol–water partition coefficient (Wildman–Crippen LogP) is 0.755. The maximum absolute atomic E-state index is 13.0. The molecule has 134 valence electrons. The zero-order valence-corrected chi connectivity index (χ0v) is 14.5. The van der Waals surface area contributed by atoms with Gasteiger partial charge >= 0.3 is 0 Å². The molecule has 3 aliphatic heterocycles. The molecule has 0 bridgehead atoms. The lowest BCUT2D eigenvalue weighted by molar-refractivity contribution is -0.153. The highest BCUT2D eigenvalue weighted by molar-refractivity contribution is 5.83. The van der Waals surface area contributed by atoms with Crippen LogP contribution in [0.1, 0.15) is 26.2 Å². The third kappa shape index (κ3) is 2.94. The van der Waals surface area contributed by atoms with Crippen molar-refractivity contribution in [3.8, 4) is 0 Å². The second-order valence-electron chi connectivity index (χ2n) is 7.92. The van der Waals surface area contributed by atoms with E-state index in [0.29, 0.717) is 51.9 Å². The topological polar surface area (TPSA) is 59.1 Å². The number of hydrogen-bond donors (Lipinski definition) is 0. The van der Waals surface area contributed by atoms with Gasteiger partial charge in [-0.25, -0.2) is 0 Å². The van der Waals surface area contributed by atoms with E-state index in [2.05, 4.69) is 6.92 Å². The molecule has 0 radical (unpaired) electrons. The van der Waals surface area contributed by atoms with Crippen molar-refractivity contribution in [2.45, 2.75) is 32.3 Å². The highest BCUT2D eigenvalue weighted by Gasteiger charge is 2.47. The fourth-order valence-corrected chi connectivity index (χ4v) is 4.80. The first-order valence-corrected chi connectivity index (χ1v) is 9.40. The molecule has 6 nitrogen and oxygen atoms in total. The third-order valence-electron chi connectivity index (χ3n) is 6.27. The van der Waals surface area contributed by atoms with Gasteiger partial charge in [0.25, 0.3) is 0 Å². The van der Waals surface area contributed by atoms with Crippen LogP contribution in [0.3, 0.4) is 0 Å². The smallest absolute Gasteiger partial charge is 0.228 e. The number of likely N-dealkylation sites (tertiary alicyclic amines) is 1. The van der Waals surface area contributed by atoms with E-state index >= 15 is 0 Å². The van der Waals surface area contributed by atoms with Crippen LogP contribution in [0.2, 0.25) is 0 Å². The Kier molecular flexibility index (Phi) is 4.52. The Balaban J connectivity index is 1.46. The molecule has 0 spiro atoms. The van der Waals surface area contributed by atoms with E-state index in [-0.39, 0.29) is 35.7 Å². The van der Waals surface area contributed by atoms with E-state index in [1.807, 2.05) is 9.80 Å². The first-order chi connectivity index (χ1) is 11.6. The van der Waals surface area contributed by atoms with E-state index in [4.69, 9.17) is 9.47 Å². The maximum Gasteiger partial charge on any atom is 0.228 e. The highest BCUT2D eigenvalue weighted by atomic mass is 16.5. The SMILES string of the molecule is CC1CC(C(=O)N2C[C@H]3OCC[C@H]3[C@H](C(=O)N3CCOCC3)C2)C1. The fourth-order valence-electron chi connectivity index (χ4n) is 4.80. The lowest BCUT2D eigenvalue weighted by atomic mass is 9.74. The number of nitrogens with zero attached hydrogens (tertiary/aromatic N) is 2. The Morgan fingerprint density at radius 3 is 2.42 bits per heavy atom. The van der Waals surface area contributed by atoms with Gasteiger partial charge in [-0.05, 0) is 25.2 Å². The largest absolute Gasteiger partial charge is 0.378 e. The normalized spacial score (nSPS) is 39.3. The van der Waals surface area contributed by atoms with Gasteiger partial charge in [0.1, 0.15) is 0 Å². The van der Waals surface area contributed by atoms with E-state index < -0.39 is 0 Å². The molecular weight excluding hydrogens is 308 g/mol. The molecule has 1 aliphatic carbocycles. The van der Waals surface area contributed by atoms with E-state index in [1.54, 1.807) is 0 Å². The summed E-state index contributed by atoms with van der Waals surface area (Å²) in [5.41, 5.74) is 0. The van der Waals surface area contributed by atoms with Crippen molar-refractivity contribution >= 4 is 11.8 Å². The minimum atomic E-state index is -0.106. The maximum atomic E-state index is 13.0. The summed E-state index contributed by atoms with van der Waals surface area (Å²) >= 11 is 0. The number of carbonyl (C=O) groups excluding carboxylic acids is 2. The summed E-state index contributed by atoms with van der Waals surface area (Å²) in [6, 6.07) is 0. The van der Waals surface area contributed by atoms with Gasteiger partial charge in [-0.15, -0.1) is 0 Å². The van der Waals surface area contributed by atoms with Crippen molar-refractivity contribution < 1.29 is 19.1 Å². The summed E-state index contributed by atoms with van der Waals surface area (Å²) in [6.45, 7) is 6.72. The second kappa shape index (κ2) is 6.64. The Morgan fingerprint density at radius 1 is 0.958 bits per heavy atom. The van der Waals surface area contributed by atoms with Gasteiger partial charge in [0.2, 0.25) is 11.8 Å². The molecular formula is C18H28N2O4. The number of ether oxygens (including phenoxy) is 2. The van der Waals surface area contributed by atoms with Gasteiger partial charge in [0, 0.05) is 44.6 Å². The summed E-state index contributed by atoms with van der Waals surface area (Å²) < 4.78 is 11.2. The van der Waals surface area contributed by atoms with Gasteiger partial charge < -0.3 is 19.3 Å². The first-order valence-electron chi connectivity index (χ1n) is 9.40. The summed E-state index contributed by atoms with van der Waals surface area (Å²) in [5.74, 6) is 1.41. The van der Waals surface area contributed by atoms with Crippen LogP contribution >= 0.6 is 0 Å². The Hall–Kier alpha value is -1.14. The second-order valence-corrected chi connectivity index (χ2v) is 7.92. The molecule has 3 heterocycles. The molecule has 2 amide bonds. The molecule has 1 saturated carbocycles. The van der Waals surface area contributed by atoms with Crippen molar-refractivity contribution in [1.29, 1.82) is 0 Å². The van der Waals surface area contributed by atoms with Gasteiger partial charge in [-0.3, -0.25) is 9.59 Å². The molecule has 0 aromatic rings. The van der Waals surface area contributed by atoms with Crippen LogP contribution in [-0.4, -0.2) is 73.7 Å². The molecule has 4 aliphatic rings. The monoisotopic (exact) mass is 336 g/mol. The average Bonchev–Trinajstić information content (AvgIpc) is 3.06. The number of piperidine rings is 1. The van der Waals surface area contributed by atoms with Crippen LogP contribution in [0.25, 0.3) is 0 Å². The van der Waals surface area contributed by atoms with E-state index in [1.165, 1.54) is 0 Å². The van der Waals surface area contributed by atoms with Gasteiger partial charge in [-0.1, -0.05) is 6.92 Å². The van der Waals surface area contributed by atoms with Crippen molar-refractivity contribution in [1.82, 2.24) is 9.80 Å². The molecule has 0 N–H and O–H groups in total. The van der Waals surface area contributed by atoms with Crippen LogP contribution in [0, 0.1) is 23.7 Å². The minimum Gasteiger partial charge on any atom is -0.378 e. The van der Waals surface area contributed by atoms with E-state index in [0.717, 1.165) is 19.3 Å². The number of carbonyl (C=O) groups is 2. The third-order valence-corrected chi connectivity index (χ3v) is 6.27. The van der Waals surface area contributed by atoms with Crippen molar-refractivity contribution in [3.05, 3.63) is 0 Å². The van der Waals surface area contributed by atoms with Gasteiger partial charge in [-0.2, -0.15) is 0 Å².